The highest BCUT2D eigenvalue weighted by atomic mass is 35.7. The van der Waals surface area contributed by atoms with Crippen LogP contribution < -0.4 is 0 Å². The van der Waals surface area contributed by atoms with Gasteiger partial charge in [-0.05, 0) is 6.92 Å². The van der Waals surface area contributed by atoms with Crippen LogP contribution in [0.5, 0.6) is 0 Å². The molecular formula is C7H12ClO3P. The Hall–Kier alpha value is 0.180. The van der Waals surface area contributed by atoms with Crippen LogP contribution in [0, 0.1) is 5.41 Å². The lowest BCUT2D eigenvalue weighted by Crippen LogP contribution is -2.37. The Bertz CT molecular complexity index is 243. The van der Waals surface area contributed by atoms with Gasteiger partial charge >= 0.3 is 6.95 Å². The first-order valence-corrected chi connectivity index (χ1v) is 6.11. The van der Waals surface area contributed by atoms with Gasteiger partial charge in [0.15, 0.2) is 0 Å². The Morgan fingerprint density at radius 2 is 2.42 bits per heavy atom. The summed E-state index contributed by atoms with van der Waals surface area (Å²) in [4.78, 5) is 0. The topological polar surface area (TPSA) is 35.5 Å². The Morgan fingerprint density at radius 3 is 2.83 bits per heavy atom. The van der Waals surface area contributed by atoms with E-state index >= 15 is 0 Å². The number of hydrogen-bond donors (Lipinski definition) is 0. The molecule has 0 bridgehead atoms. The molecule has 0 aliphatic carbocycles. The van der Waals surface area contributed by atoms with Crippen LogP contribution in [0.4, 0.5) is 0 Å². The van der Waals surface area contributed by atoms with Crippen LogP contribution >= 0.6 is 18.2 Å². The van der Waals surface area contributed by atoms with Crippen LogP contribution in [0.3, 0.4) is 0 Å². The third-order valence-corrected chi connectivity index (χ3v) is 3.75. The van der Waals surface area contributed by atoms with E-state index in [-0.39, 0.29) is 11.5 Å². The highest BCUT2D eigenvalue weighted by Crippen LogP contribution is 2.60. The average molecular weight is 211 g/mol. The van der Waals surface area contributed by atoms with Crippen LogP contribution in [0.1, 0.15) is 13.8 Å². The molecule has 5 heteroatoms. The van der Waals surface area contributed by atoms with Gasteiger partial charge < -0.3 is 0 Å². The summed E-state index contributed by atoms with van der Waals surface area (Å²) in [6, 6.07) is 0. The summed E-state index contributed by atoms with van der Waals surface area (Å²) in [6.45, 7) is 4.36. The van der Waals surface area contributed by atoms with Crippen molar-refractivity contribution in [3.63, 3.8) is 0 Å². The zero-order chi connectivity index (χ0) is 9.41. The molecule has 0 aromatic carbocycles. The summed E-state index contributed by atoms with van der Waals surface area (Å²) < 4.78 is 21.0. The summed E-state index contributed by atoms with van der Waals surface area (Å²) in [7, 11) is 0. The van der Waals surface area contributed by atoms with Crippen LogP contribution in [0.2, 0.25) is 0 Å². The summed E-state index contributed by atoms with van der Waals surface area (Å²) in [5.41, 5.74) is -0.303. The first-order chi connectivity index (χ1) is 5.40. The summed E-state index contributed by atoms with van der Waals surface area (Å²) in [6.07, 6.45) is 1.50. The largest absolute Gasteiger partial charge is 0.424 e. The van der Waals surface area contributed by atoms with Gasteiger partial charge in [-0.1, -0.05) is 13.0 Å². The molecule has 0 saturated carbocycles. The minimum atomic E-state index is -3.31. The predicted octanol–water partition coefficient (Wildman–Crippen LogP) is 2.96. The Labute approximate surface area is 77.0 Å². The Balaban J connectivity index is 2.78. The molecule has 1 aliphatic rings. The second-order valence-electron chi connectivity index (χ2n) is 3.16. The van der Waals surface area contributed by atoms with Crippen LogP contribution in [-0.4, -0.2) is 12.7 Å². The summed E-state index contributed by atoms with van der Waals surface area (Å²) >= 11 is 5.43. The lowest BCUT2D eigenvalue weighted by atomic mass is 9.86. The van der Waals surface area contributed by atoms with Gasteiger partial charge in [0.1, 0.15) is 0 Å². The van der Waals surface area contributed by atoms with E-state index in [1.165, 1.54) is 0 Å². The SMILES string of the molecule is C=CC1(C)COP(=O)(Cl)OC1C. The maximum Gasteiger partial charge on any atom is 0.424 e. The molecule has 3 atom stereocenters. The summed E-state index contributed by atoms with van der Waals surface area (Å²) in [5.74, 6) is 0. The fourth-order valence-corrected chi connectivity index (χ4v) is 2.51. The molecule has 1 rings (SSSR count). The lowest BCUT2D eigenvalue weighted by Gasteiger charge is -2.37. The number of hydrogen-bond acceptors (Lipinski definition) is 3. The zero-order valence-electron chi connectivity index (χ0n) is 7.12. The van der Waals surface area contributed by atoms with Crippen molar-refractivity contribution in [2.75, 3.05) is 6.61 Å². The van der Waals surface area contributed by atoms with E-state index in [0.717, 1.165) is 0 Å². The molecular weight excluding hydrogens is 199 g/mol. The van der Waals surface area contributed by atoms with E-state index in [2.05, 4.69) is 6.58 Å². The molecule has 0 radical (unpaired) electrons. The normalized spacial score (nSPS) is 48.8. The van der Waals surface area contributed by atoms with Crippen molar-refractivity contribution in [1.82, 2.24) is 0 Å². The maximum atomic E-state index is 11.1. The first kappa shape index (κ1) is 10.3. The van der Waals surface area contributed by atoms with Crippen molar-refractivity contribution in [2.45, 2.75) is 20.0 Å². The monoisotopic (exact) mass is 210 g/mol. The van der Waals surface area contributed by atoms with E-state index < -0.39 is 6.95 Å². The fraction of sp³-hybridized carbons (Fsp3) is 0.714. The standard InChI is InChI=1S/C7H12ClO3P/c1-4-7(3)5-10-12(8,9)11-6(7)2/h4,6H,1,5H2,2-3H3. The molecule has 0 aromatic rings. The Morgan fingerprint density at radius 1 is 1.83 bits per heavy atom. The molecule has 0 spiro atoms. The molecule has 1 fully saturated rings. The first-order valence-electron chi connectivity index (χ1n) is 3.66. The summed E-state index contributed by atoms with van der Waals surface area (Å²) in [5, 5.41) is 0. The molecule has 0 aromatic heterocycles. The van der Waals surface area contributed by atoms with Crippen molar-refractivity contribution in [3.8, 4) is 0 Å². The van der Waals surface area contributed by atoms with Crippen LogP contribution in [0.15, 0.2) is 12.7 Å². The van der Waals surface area contributed by atoms with Crippen LogP contribution in [-0.2, 0) is 13.6 Å². The van der Waals surface area contributed by atoms with Crippen molar-refractivity contribution in [3.05, 3.63) is 12.7 Å². The predicted molar refractivity (Wildman–Crippen MR) is 48.3 cm³/mol. The molecule has 3 unspecified atom stereocenters. The van der Waals surface area contributed by atoms with Crippen molar-refractivity contribution >= 4 is 18.2 Å². The Kier molecular flexibility index (Phi) is 2.69. The minimum Gasteiger partial charge on any atom is -0.296 e. The van der Waals surface area contributed by atoms with E-state index in [1.807, 2.05) is 6.92 Å². The van der Waals surface area contributed by atoms with Gasteiger partial charge in [0.2, 0.25) is 0 Å². The highest BCUT2D eigenvalue weighted by Gasteiger charge is 2.41. The third kappa shape index (κ3) is 1.91. The smallest absolute Gasteiger partial charge is 0.296 e. The maximum absolute atomic E-state index is 11.1. The number of halogens is 1. The van der Waals surface area contributed by atoms with E-state index in [9.17, 15) is 4.57 Å². The quantitative estimate of drug-likeness (QED) is 0.493. The third-order valence-electron chi connectivity index (χ3n) is 2.21. The van der Waals surface area contributed by atoms with E-state index in [1.54, 1.807) is 13.0 Å². The second kappa shape index (κ2) is 3.15. The van der Waals surface area contributed by atoms with E-state index in [0.29, 0.717) is 6.61 Å². The zero-order valence-corrected chi connectivity index (χ0v) is 8.77. The van der Waals surface area contributed by atoms with Crippen molar-refractivity contribution in [2.24, 2.45) is 5.41 Å². The van der Waals surface area contributed by atoms with E-state index in [4.69, 9.17) is 20.3 Å². The highest BCUT2D eigenvalue weighted by molar-refractivity contribution is 7.81. The van der Waals surface area contributed by atoms with Crippen molar-refractivity contribution < 1.29 is 13.6 Å². The molecule has 0 N–H and O–H groups in total. The number of rotatable bonds is 1. The van der Waals surface area contributed by atoms with Gasteiger partial charge in [-0.15, -0.1) is 6.58 Å². The van der Waals surface area contributed by atoms with Gasteiger partial charge in [-0.3, -0.25) is 9.05 Å². The molecule has 12 heavy (non-hydrogen) atoms. The van der Waals surface area contributed by atoms with Gasteiger partial charge in [0.05, 0.1) is 12.7 Å². The molecule has 3 nitrogen and oxygen atoms in total. The molecule has 1 heterocycles. The molecule has 1 saturated heterocycles. The lowest BCUT2D eigenvalue weighted by molar-refractivity contribution is 0.0101. The van der Waals surface area contributed by atoms with Crippen LogP contribution in [0.25, 0.3) is 0 Å². The molecule has 70 valence electrons. The van der Waals surface area contributed by atoms with Gasteiger partial charge in [0, 0.05) is 16.7 Å². The van der Waals surface area contributed by atoms with Gasteiger partial charge in [0.25, 0.3) is 0 Å². The fourth-order valence-electron chi connectivity index (χ4n) is 0.898. The molecule has 0 amide bonds. The minimum absolute atomic E-state index is 0.230. The molecule has 1 aliphatic heterocycles. The van der Waals surface area contributed by atoms with Gasteiger partial charge in [-0.25, -0.2) is 4.57 Å². The average Bonchev–Trinajstić information content (AvgIpc) is 1.97. The second-order valence-corrected chi connectivity index (χ2v) is 5.73. The van der Waals surface area contributed by atoms with Gasteiger partial charge in [-0.2, -0.15) is 0 Å². The van der Waals surface area contributed by atoms with Crippen molar-refractivity contribution in [1.29, 1.82) is 0 Å².